The lowest BCUT2D eigenvalue weighted by Crippen LogP contribution is -2.24. The maximum absolute atomic E-state index is 11.8. The Morgan fingerprint density at radius 1 is 1.25 bits per heavy atom. The molecule has 0 aliphatic rings. The minimum atomic E-state index is -0.504. The predicted molar refractivity (Wildman–Crippen MR) is 77.9 cm³/mol. The zero-order chi connectivity index (χ0) is 14.5. The van der Waals surface area contributed by atoms with Crippen molar-refractivity contribution < 1.29 is 9.72 Å². The number of nitro groups is 1. The van der Waals surface area contributed by atoms with Gasteiger partial charge in [-0.15, -0.1) is 0 Å². The zero-order valence-corrected chi connectivity index (χ0v) is 11.4. The molecule has 1 aromatic carbocycles. The molecular formula is C13H13N3O3S. The third-order valence-electron chi connectivity index (χ3n) is 2.67. The lowest BCUT2D eigenvalue weighted by molar-refractivity contribution is -0.380. The summed E-state index contributed by atoms with van der Waals surface area (Å²) in [5, 5.41) is 13.2. The van der Waals surface area contributed by atoms with E-state index in [0.717, 1.165) is 16.9 Å². The van der Waals surface area contributed by atoms with Gasteiger partial charge in [0, 0.05) is 18.3 Å². The van der Waals surface area contributed by atoms with Crippen molar-refractivity contribution in [1.82, 2.24) is 5.32 Å². The number of anilines is 1. The number of hydrogen-bond donors (Lipinski definition) is 2. The van der Waals surface area contributed by atoms with Gasteiger partial charge in [-0.05, 0) is 30.2 Å². The van der Waals surface area contributed by atoms with Crippen molar-refractivity contribution in [2.24, 2.45) is 0 Å². The molecule has 0 fully saturated rings. The third-order valence-corrected chi connectivity index (χ3v) is 3.71. The minimum Gasteiger partial charge on any atom is -0.399 e. The summed E-state index contributed by atoms with van der Waals surface area (Å²) in [5.74, 6) is -0.293. The second kappa shape index (κ2) is 6.16. The number of amides is 1. The molecule has 7 heteroatoms. The highest BCUT2D eigenvalue weighted by Gasteiger charge is 2.14. The number of nitrogens with one attached hydrogen (secondary N) is 1. The van der Waals surface area contributed by atoms with Gasteiger partial charge in [-0.3, -0.25) is 14.9 Å². The highest BCUT2D eigenvalue weighted by Crippen LogP contribution is 2.23. The van der Waals surface area contributed by atoms with Gasteiger partial charge in [0.2, 0.25) is 0 Å². The quantitative estimate of drug-likeness (QED) is 0.501. The number of benzene rings is 1. The predicted octanol–water partition coefficient (Wildman–Crippen LogP) is 2.21. The van der Waals surface area contributed by atoms with E-state index in [1.165, 1.54) is 12.1 Å². The molecule has 0 atom stereocenters. The van der Waals surface area contributed by atoms with E-state index >= 15 is 0 Å². The lowest BCUT2D eigenvalue weighted by atomic mass is 10.1. The van der Waals surface area contributed by atoms with Crippen molar-refractivity contribution >= 4 is 27.9 Å². The van der Waals surface area contributed by atoms with E-state index in [-0.39, 0.29) is 10.9 Å². The molecule has 0 unspecified atom stereocenters. The number of carbonyl (C=O) groups excluding carboxylic acids is 1. The Bertz CT molecular complexity index is 622. The van der Waals surface area contributed by atoms with E-state index < -0.39 is 4.92 Å². The van der Waals surface area contributed by atoms with E-state index in [1.54, 1.807) is 12.1 Å². The second-order valence-electron chi connectivity index (χ2n) is 4.14. The molecule has 104 valence electrons. The van der Waals surface area contributed by atoms with Gasteiger partial charge in [-0.25, -0.2) is 0 Å². The van der Waals surface area contributed by atoms with Gasteiger partial charge in [0.1, 0.15) is 0 Å². The van der Waals surface area contributed by atoms with Gasteiger partial charge in [0.25, 0.3) is 5.91 Å². The molecule has 0 saturated carbocycles. The Morgan fingerprint density at radius 2 is 1.95 bits per heavy atom. The first-order valence-electron chi connectivity index (χ1n) is 5.93. The summed E-state index contributed by atoms with van der Waals surface area (Å²) < 4.78 is 0. The number of nitrogens with two attached hydrogens (primary N) is 1. The Labute approximate surface area is 119 Å². The number of carbonyl (C=O) groups is 1. The fraction of sp³-hybridized carbons (Fsp3) is 0.154. The Morgan fingerprint density at radius 3 is 2.55 bits per heavy atom. The van der Waals surface area contributed by atoms with Crippen molar-refractivity contribution in [1.29, 1.82) is 0 Å². The van der Waals surface area contributed by atoms with Crippen LogP contribution in [0.2, 0.25) is 0 Å². The third kappa shape index (κ3) is 3.55. The lowest BCUT2D eigenvalue weighted by Gasteiger charge is -2.04. The number of thiophene rings is 1. The molecule has 6 nitrogen and oxygen atoms in total. The van der Waals surface area contributed by atoms with Crippen molar-refractivity contribution in [3.63, 3.8) is 0 Å². The molecule has 0 aliphatic heterocycles. The van der Waals surface area contributed by atoms with Crippen molar-refractivity contribution in [2.75, 3.05) is 12.3 Å². The van der Waals surface area contributed by atoms with Gasteiger partial charge in [-0.1, -0.05) is 23.5 Å². The van der Waals surface area contributed by atoms with Crippen LogP contribution in [0, 0.1) is 10.1 Å². The molecule has 0 radical (unpaired) electrons. The van der Waals surface area contributed by atoms with Gasteiger partial charge < -0.3 is 11.1 Å². The molecule has 3 N–H and O–H groups in total. The smallest absolute Gasteiger partial charge is 0.324 e. The van der Waals surface area contributed by atoms with Crippen LogP contribution >= 0.6 is 11.3 Å². The van der Waals surface area contributed by atoms with E-state index in [2.05, 4.69) is 5.32 Å². The number of hydrogen-bond acceptors (Lipinski definition) is 5. The Hall–Kier alpha value is -2.41. The van der Waals surface area contributed by atoms with Crippen LogP contribution in [0.5, 0.6) is 0 Å². The first-order chi connectivity index (χ1) is 9.56. The standard InChI is InChI=1S/C13H13N3O3S/c14-10-3-1-9(2-4-10)7-8-15-13(17)11-5-6-12(20-11)16(18)19/h1-6H,7-8,14H2,(H,15,17). The van der Waals surface area contributed by atoms with Crippen molar-refractivity contribution in [3.05, 3.63) is 57.0 Å². The van der Waals surface area contributed by atoms with Gasteiger partial charge >= 0.3 is 5.00 Å². The summed E-state index contributed by atoms with van der Waals surface area (Å²) in [5.41, 5.74) is 7.35. The van der Waals surface area contributed by atoms with E-state index in [4.69, 9.17) is 5.73 Å². The Balaban J connectivity index is 1.85. The van der Waals surface area contributed by atoms with Crippen molar-refractivity contribution in [3.8, 4) is 0 Å². The molecule has 2 rings (SSSR count). The zero-order valence-electron chi connectivity index (χ0n) is 10.5. The Kier molecular flexibility index (Phi) is 4.31. The van der Waals surface area contributed by atoms with Gasteiger partial charge in [0.15, 0.2) is 0 Å². The SMILES string of the molecule is Nc1ccc(CCNC(=O)c2ccc([N+](=O)[O-])s2)cc1. The highest BCUT2D eigenvalue weighted by atomic mass is 32.1. The molecule has 1 heterocycles. The van der Waals surface area contributed by atoms with Crippen molar-refractivity contribution in [2.45, 2.75) is 6.42 Å². The second-order valence-corrected chi connectivity index (χ2v) is 5.20. The molecule has 0 aliphatic carbocycles. The highest BCUT2D eigenvalue weighted by molar-refractivity contribution is 7.17. The molecule has 1 amide bonds. The number of nitrogens with zero attached hydrogens (tertiary/aromatic N) is 1. The molecule has 0 saturated heterocycles. The summed E-state index contributed by atoms with van der Waals surface area (Å²) in [4.78, 5) is 22.2. The van der Waals surface area contributed by atoms with Crippen LogP contribution in [-0.4, -0.2) is 17.4 Å². The fourth-order valence-electron chi connectivity index (χ4n) is 1.64. The van der Waals surface area contributed by atoms with Crippen LogP contribution in [0.4, 0.5) is 10.7 Å². The largest absolute Gasteiger partial charge is 0.399 e. The first kappa shape index (κ1) is 14.0. The molecule has 20 heavy (non-hydrogen) atoms. The van der Waals surface area contributed by atoms with Gasteiger partial charge in [0.05, 0.1) is 9.80 Å². The maximum Gasteiger partial charge on any atom is 0.324 e. The van der Waals surface area contributed by atoms with Crippen LogP contribution in [-0.2, 0) is 6.42 Å². The summed E-state index contributed by atoms with van der Waals surface area (Å²) in [6.07, 6.45) is 0.680. The average Bonchev–Trinajstić information content (AvgIpc) is 2.91. The summed E-state index contributed by atoms with van der Waals surface area (Å²) in [6, 6.07) is 10.2. The number of rotatable bonds is 5. The molecule has 1 aromatic heterocycles. The van der Waals surface area contributed by atoms with Crippen LogP contribution in [0.25, 0.3) is 0 Å². The van der Waals surface area contributed by atoms with E-state index in [9.17, 15) is 14.9 Å². The van der Waals surface area contributed by atoms with Crippen LogP contribution in [0.15, 0.2) is 36.4 Å². The summed E-state index contributed by atoms with van der Waals surface area (Å²) in [6.45, 7) is 0.467. The summed E-state index contributed by atoms with van der Waals surface area (Å²) in [7, 11) is 0. The normalized spacial score (nSPS) is 10.2. The number of nitrogen functional groups attached to an aromatic ring is 1. The molecule has 0 spiro atoms. The first-order valence-corrected chi connectivity index (χ1v) is 6.75. The minimum absolute atomic E-state index is 0.0336. The molecule has 0 bridgehead atoms. The maximum atomic E-state index is 11.8. The van der Waals surface area contributed by atoms with E-state index in [0.29, 0.717) is 23.5 Å². The topological polar surface area (TPSA) is 98.3 Å². The fourth-order valence-corrected chi connectivity index (χ4v) is 2.38. The molecule has 2 aromatic rings. The molecular weight excluding hydrogens is 278 g/mol. The van der Waals surface area contributed by atoms with Gasteiger partial charge in [-0.2, -0.15) is 0 Å². The van der Waals surface area contributed by atoms with Crippen LogP contribution in [0.3, 0.4) is 0 Å². The van der Waals surface area contributed by atoms with Crippen LogP contribution < -0.4 is 11.1 Å². The summed E-state index contributed by atoms with van der Waals surface area (Å²) >= 11 is 0.870. The van der Waals surface area contributed by atoms with Crippen LogP contribution in [0.1, 0.15) is 15.2 Å². The monoisotopic (exact) mass is 291 g/mol. The average molecular weight is 291 g/mol. The van der Waals surface area contributed by atoms with E-state index in [1.807, 2.05) is 12.1 Å².